The van der Waals surface area contributed by atoms with Crippen molar-refractivity contribution in [3.05, 3.63) is 104 Å². The van der Waals surface area contributed by atoms with Crippen LogP contribution in [0.25, 0.3) is 0 Å². The van der Waals surface area contributed by atoms with Crippen molar-refractivity contribution in [3.63, 3.8) is 0 Å². The summed E-state index contributed by atoms with van der Waals surface area (Å²) in [6, 6.07) is 15.7. The van der Waals surface area contributed by atoms with Gasteiger partial charge in [-0.15, -0.1) is 0 Å². The maximum atomic E-state index is 13.8. The molecule has 2 aliphatic heterocycles. The Balaban J connectivity index is 1.25. The van der Waals surface area contributed by atoms with Gasteiger partial charge in [-0.2, -0.15) is 13.2 Å². The van der Waals surface area contributed by atoms with Gasteiger partial charge < -0.3 is 15.0 Å². The number of hydrogen-bond acceptors (Lipinski definition) is 7. The number of thiazole rings is 1. The summed E-state index contributed by atoms with van der Waals surface area (Å²) < 4.78 is 58.1. The predicted octanol–water partition coefficient (Wildman–Crippen LogP) is 5.41. The first kappa shape index (κ1) is 28.7. The van der Waals surface area contributed by atoms with E-state index >= 15 is 0 Å². The van der Waals surface area contributed by atoms with E-state index in [4.69, 9.17) is 4.74 Å². The number of thioether (sulfide) groups is 1. The minimum atomic E-state index is -4.57. The van der Waals surface area contributed by atoms with Crippen molar-refractivity contribution in [1.29, 1.82) is 0 Å². The zero-order valence-electron chi connectivity index (χ0n) is 21.7. The third-order valence-electron chi connectivity index (χ3n) is 6.97. The van der Waals surface area contributed by atoms with Crippen molar-refractivity contribution < 1.29 is 36.7 Å². The van der Waals surface area contributed by atoms with Crippen LogP contribution in [0.1, 0.15) is 21.9 Å². The van der Waals surface area contributed by atoms with Gasteiger partial charge in [-0.05, 0) is 60.2 Å². The van der Waals surface area contributed by atoms with Crippen LogP contribution in [0.4, 0.5) is 28.9 Å². The highest BCUT2D eigenvalue weighted by Gasteiger charge is 2.56. The number of ether oxygens (including phenoxy) is 1. The van der Waals surface area contributed by atoms with Gasteiger partial charge in [0.15, 0.2) is 6.61 Å². The highest BCUT2D eigenvalue weighted by Crippen LogP contribution is 2.53. The summed E-state index contributed by atoms with van der Waals surface area (Å²) in [4.78, 5) is 56.0. The summed E-state index contributed by atoms with van der Waals surface area (Å²) in [7, 11) is 0. The molecule has 3 amide bonds. The molecule has 3 unspecified atom stereocenters. The molecule has 43 heavy (non-hydrogen) atoms. The molecule has 2 N–H and O–H groups in total. The number of H-pyrrole nitrogens is 1. The molecule has 0 saturated carbocycles. The molecule has 0 bridgehead atoms. The molecule has 3 atom stereocenters. The molecule has 1 fully saturated rings. The number of nitrogens with zero attached hydrogens (tertiary/aromatic N) is 1. The van der Waals surface area contributed by atoms with Crippen LogP contribution < -0.4 is 19.8 Å². The normalized spacial score (nSPS) is 19.6. The highest BCUT2D eigenvalue weighted by atomic mass is 32.2. The van der Waals surface area contributed by atoms with Gasteiger partial charge >= 0.3 is 11.0 Å². The van der Waals surface area contributed by atoms with E-state index in [0.717, 1.165) is 52.3 Å². The van der Waals surface area contributed by atoms with Gasteiger partial charge in [-0.25, -0.2) is 9.29 Å². The second-order valence-electron chi connectivity index (χ2n) is 9.73. The molecule has 3 aromatic carbocycles. The summed E-state index contributed by atoms with van der Waals surface area (Å²) in [5.74, 6) is -3.59. The quantitative estimate of drug-likeness (QED) is 0.218. The van der Waals surface area contributed by atoms with E-state index in [1.54, 1.807) is 24.3 Å². The van der Waals surface area contributed by atoms with Gasteiger partial charge in [0, 0.05) is 16.5 Å². The van der Waals surface area contributed by atoms with E-state index in [9.17, 15) is 36.7 Å². The molecule has 1 saturated heterocycles. The number of imide groups is 1. The summed E-state index contributed by atoms with van der Waals surface area (Å²) in [5.41, 5.74) is -0.185. The van der Waals surface area contributed by atoms with Crippen molar-refractivity contribution in [2.75, 3.05) is 16.8 Å². The first-order valence-electron chi connectivity index (χ1n) is 12.7. The number of fused-ring (bicyclic) bond motifs is 2. The third-order valence-corrected chi connectivity index (χ3v) is 9.37. The fourth-order valence-electron chi connectivity index (χ4n) is 5.14. The Morgan fingerprint density at radius 1 is 0.977 bits per heavy atom. The van der Waals surface area contributed by atoms with Crippen LogP contribution in [0.3, 0.4) is 0 Å². The molecule has 14 heteroatoms. The summed E-state index contributed by atoms with van der Waals surface area (Å²) in [6.45, 7) is -0.523. The fourth-order valence-corrected chi connectivity index (χ4v) is 7.65. The molecule has 2 aliphatic rings. The molecule has 3 heterocycles. The minimum absolute atomic E-state index is 0.0482. The predicted molar refractivity (Wildman–Crippen MR) is 151 cm³/mol. The maximum absolute atomic E-state index is 13.8. The summed E-state index contributed by atoms with van der Waals surface area (Å²) >= 11 is 2.02. The SMILES string of the molecule is O=C(COc1cccc(C2c3sc(=O)[nH]c3SC3C(=O)N(c4ccc(F)cc4)C(=O)C32)c1)Nc1cccc(C(F)(F)F)c1. The number of anilines is 2. The van der Waals surface area contributed by atoms with Crippen LogP contribution in [-0.4, -0.2) is 34.6 Å². The zero-order valence-corrected chi connectivity index (χ0v) is 23.3. The van der Waals surface area contributed by atoms with E-state index in [-0.39, 0.29) is 22.0 Å². The first-order chi connectivity index (χ1) is 20.5. The Bertz CT molecular complexity index is 1800. The lowest BCUT2D eigenvalue weighted by molar-refractivity contribution is -0.137. The van der Waals surface area contributed by atoms with Crippen LogP contribution in [-0.2, 0) is 20.6 Å². The van der Waals surface area contributed by atoms with E-state index < -0.39 is 59.0 Å². The number of aromatic amines is 1. The van der Waals surface area contributed by atoms with Gasteiger partial charge in [0.2, 0.25) is 11.8 Å². The zero-order chi connectivity index (χ0) is 30.5. The van der Waals surface area contributed by atoms with Crippen molar-refractivity contribution in [3.8, 4) is 5.75 Å². The van der Waals surface area contributed by atoms with Crippen LogP contribution >= 0.6 is 23.1 Å². The van der Waals surface area contributed by atoms with Gasteiger partial charge in [0.1, 0.15) is 16.8 Å². The smallest absolute Gasteiger partial charge is 0.416 e. The van der Waals surface area contributed by atoms with Gasteiger partial charge in [0.25, 0.3) is 5.91 Å². The average Bonchev–Trinajstić information content (AvgIpc) is 3.46. The van der Waals surface area contributed by atoms with Crippen LogP contribution in [0.2, 0.25) is 0 Å². The molecule has 0 radical (unpaired) electrons. The van der Waals surface area contributed by atoms with Crippen LogP contribution in [0.5, 0.6) is 5.75 Å². The number of nitrogens with one attached hydrogen (secondary N) is 2. The monoisotopic (exact) mass is 629 g/mol. The molecule has 1 aromatic heterocycles. The second-order valence-corrected chi connectivity index (χ2v) is 11.9. The number of carbonyl (C=O) groups excluding carboxylic acids is 3. The summed E-state index contributed by atoms with van der Waals surface area (Å²) in [6.07, 6.45) is -4.57. The Labute approximate surface area is 248 Å². The minimum Gasteiger partial charge on any atom is -0.484 e. The Kier molecular flexibility index (Phi) is 7.34. The van der Waals surface area contributed by atoms with Crippen molar-refractivity contribution in [2.45, 2.75) is 22.4 Å². The first-order valence-corrected chi connectivity index (χ1v) is 14.4. The third kappa shape index (κ3) is 5.55. The van der Waals surface area contributed by atoms with Gasteiger partial charge in [-0.3, -0.25) is 19.2 Å². The number of benzene rings is 3. The molecule has 0 spiro atoms. The standard InChI is InChI=1S/C29H19F4N3O5S2/c30-16-7-9-18(10-8-16)36-26(38)22-21(23-25(35-28(40)43-23)42-24(22)27(36)39)14-3-1-6-19(11-14)41-13-20(37)34-17-5-2-4-15(12-17)29(31,32)33/h1-12,21-22,24H,13H2,(H,34,37)(H,35,40). The maximum Gasteiger partial charge on any atom is 0.416 e. The summed E-state index contributed by atoms with van der Waals surface area (Å²) in [5, 5.41) is 1.98. The molecule has 8 nitrogen and oxygen atoms in total. The topological polar surface area (TPSA) is 109 Å². The lowest BCUT2D eigenvalue weighted by Crippen LogP contribution is -2.32. The average molecular weight is 630 g/mol. The fraction of sp³-hybridized carbons (Fsp3) is 0.172. The number of hydrogen-bond donors (Lipinski definition) is 2. The number of halogens is 4. The van der Waals surface area contributed by atoms with Crippen molar-refractivity contribution in [2.24, 2.45) is 5.92 Å². The van der Waals surface area contributed by atoms with Gasteiger partial charge in [-0.1, -0.05) is 41.3 Å². The number of amides is 3. The van der Waals surface area contributed by atoms with Gasteiger partial charge in [0.05, 0.1) is 22.2 Å². The molecular weight excluding hydrogens is 610 g/mol. The molecule has 0 aliphatic carbocycles. The Morgan fingerprint density at radius 3 is 2.47 bits per heavy atom. The molecular formula is C29H19F4N3O5S2. The van der Waals surface area contributed by atoms with E-state index in [2.05, 4.69) is 10.3 Å². The number of alkyl halides is 3. The number of carbonyl (C=O) groups is 3. The lowest BCUT2D eigenvalue weighted by Gasteiger charge is -2.30. The van der Waals surface area contributed by atoms with Crippen LogP contribution in [0, 0.1) is 11.7 Å². The van der Waals surface area contributed by atoms with E-state index in [1.807, 2.05) is 0 Å². The number of aromatic nitrogens is 1. The van der Waals surface area contributed by atoms with Crippen molar-refractivity contribution >= 4 is 52.2 Å². The lowest BCUT2D eigenvalue weighted by atomic mass is 9.83. The Morgan fingerprint density at radius 2 is 1.72 bits per heavy atom. The van der Waals surface area contributed by atoms with E-state index in [0.29, 0.717) is 15.5 Å². The highest BCUT2D eigenvalue weighted by molar-refractivity contribution is 8.00. The second kappa shape index (κ2) is 11.0. The Hall–Kier alpha value is -4.43. The molecule has 220 valence electrons. The van der Waals surface area contributed by atoms with Crippen molar-refractivity contribution in [1.82, 2.24) is 4.98 Å². The molecule has 4 aromatic rings. The van der Waals surface area contributed by atoms with E-state index in [1.165, 1.54) is 24.3 Å². The largest absolute Gasteiger partial charge is 0.484 e. The molecule has 6 rings (SSSR count). The van der Waals surface area contributed by atoms with Crippen LogP contribution in [0.15, 0.2) is 82.6 Å². The number of rotatable bonds is 6.